The number of ether oxygens (including phenoxy) is 4. The maximum atomic E-state index is 13.1. The highest BCUT2D eigenvalue weighted by atomic mass is 31.2. The summed E-state index contributed by atoms with van der Waals surface area (Å²) in [5, 5.41) is 10.6. The average molecular weight is 1410 g/mol. The molecule has 0 saturated carbocycles. The Balaban J connectivity index is 5.16. The fraction of sp³-hybridized carbons (Fsp3) is 0.948. The molecule has 3 N–H and O–H groups in total. The zero-order valence-electron chi connectivity index (χ0n) is 62.5. The Morgan fingerprint density at radius 3 is 0.708 bits per heavy atom. The highest BCUT2D eigenvalue weighted by Gasteiger charge is 2.30. The van der Waals surface area contributed by atoms with Crippen LogP contribution in [0.1, 0.15) is 407 Å². The maximum Gasteiger partial charge on any atom is 0.472 e. The van der Waals surface area contributed by atoms with Crippen LogP contribution in [0.2, 0.25) is 0 Å². The van der Waals surface area contributed by atoms with Gasteiger partial charge in [-0.3, -0.25) is 37.3 Å². The molecule has 570 valence electrons. The first-order chi connectivity index (χ1) is 46.5. The summed E-state index contributed by atoms with van der Waals surface area (Å²) in [6, 6.07) is 0. The van der Waals surface area contributed by atoms with E-state index in [4.69, 9.17) is 37.0 Å². The Labute approximate surface area is 588 Å². The molecule has 0 amide bonds. The molecule has 0 aliphatic carbocycles. The van der Waals surface area contributed by atoms with E-state index in [1.807, 2.05) is 0 Å². The molecule has 0 spiro atoms. The highest BCUT2D eigenvalue weighted by molar-refractivity contribution is 7.47. The summed E-state index contributed by atoms with van der Waals surface area (Å²) in [6.45, 7) is 7.27. The SMILES string of the molecule is CCCCCCCCCCCCCCCCCCCCCCCC(=O)O[C@H](COC(=O)CCCCCCCCCCCCCCCCC(C)C)COP(=O)(O)OC[C@@H](O)COP(=O)(O)OC[C@@H](COC(=O)CCCCCCCCC)OC(=O)CCCCCCCCCCCCC. The van der Waals surface area contributed by atoms with E-state index in [1.165, 1.54) is 218 Å². The van der Waals surface area contributed by atoms with Crippen LogP contribution in [0, 0.1) is 5.92 Å². The third-order valence-corrected chi connectivity index (χ3v) is 19.9. The third kappa shape index (κ3) is 70.5. The van der Waals surface area contributed by atoms with Gasteiger partial charge in [0.1, 0.15) is 19.3 Å². The number of phosphoric ester groups is 2. The van der Waals surface area contributed by atoms with Crippen LogP contribution < -0.4 is 0 Å². The van der Waals surface area contributed by atoms with Crippen LogP contribution in [0.3, 0.4) is 0 Å². The number of carbonyl (C=O) groups excluding carboxylic acids is 4. The van der Waals surface area contributed by atoms with E-state index < -0.39 is 97.5 Å². The second kappa shape index (κ2) is 70.1. The number of hydrogen-bond acceptors (Lipinski definition) is 15. The van der Waals surface area contributed by atoms with Crippen LogP contribution in [-0.4, -0.2) is 96.7 Å². The van der Waals surface area contributed by atoms with Crippen molar-refractivity contribution in [1.29, 1.82) is 0 Å². The van der Waals surface area contributed by atoms with Gasteiger partial charge in [-0.05, 0) is 31.6 Å². The zero-order chi connectivity index (χ0) is 70.5. The van der Waals surface area contributed by atoms with Gasteiger partial charge >= 0.3 is 39.5 Å². The van der Waals surface area contributed by atoms with Crippen LogP contribution in [-0.2, 0) is 65.4 Å². The van der Waals surface area contributed by atoms with Gasteiger partial charge in [0.2, 0.25) is 0 Å². The lowest BCUT2D eigenvalue weighted by molar-refractivity contribution is -0.161. The van der Waals surface area contributed by atoms with Crippen molar-refractivity contribution in [3.63, 3.8) is 0 Å². The number of hydrogen-bond donors (Lipinski definition) is 3. The molecule has 96 heavy (non-hydrogen) atoms. The molecule has 0 saturated heterocycles. The van der Waals surface area contributed by atoms with Gasteiger partial charge in [0, 0.05) is 25.7 Å². The third-order valence-electron chi connectivity index (χ3n) is 18.0. The van der Waals surface area contributed by atoms with Gasteiger partial charge in [-0.25, -0.2) is 9.13 Å². The molecule has 0 rings (SSSR count). The molecule has 0 aromatic rings. The molecule has 0 bridgehead atoms. The summed E-state index contributed by atoms with van der Waals surface area (Å²) in [6.07, 6.45) is 59.9. The van der Waals surface area contributed by atoms with Crippen LogP contribution in [0.25, 0.3) is 0 Å². The summed E-state index contributed by atoms with van der Waals surface area (Å²) in [5.41, 5.74) is 0. The van der Waals surface area contributed by atoms with Crippen molar-refractivity contribution in [3.05, 3.63) is 0 Å². The molecule has 0 fully saturated rings. The zero-order valence-corrected chi connectivity index (χ0v) is 64.3. The van der Waals surface area contributed by atoms with Gasteiger partial charge in [-0.2, -0.15) is 0 Å². The van der Waals surface area contributed by atoms with Crippen molar-refractivity contribution in [3.8, 4) is 0 Å². The Morgan fingerprint density at radius 1 is 0.281 bits per heavy atom. The number of phosphoric acid groups is 2. The first kappa shape index (κ1) is 94.1. The number of rotatable bonds is 77. The Morgan fingerprint density at radius 2 is 0.479 bits per heavy atom. The van der Waals surface area contributed by atoms with Crippen molar-refractivity contribution < 1.29 is 80.2 Å². The molecule has 0 aromatic carbocycles. The molecule has 17 nitrogen and oxygen atoms in total. The largest absolute Gasteiger partial charge is 0.472 e. The minimum atomic E-state index is -4.96. The second-order valence-corrected chi connectivity index (χ2v) is 31.1. The lowest BCUT2D eigenvalue weighted by Crippen LogP contribution is -2.30. The smallest absolute Gasteiger partial charge is 0.462 e. The number of aliphatic hydroxyl groups excluding tert-OH is 1. The second-order valence-electron chi connectivity index (χ2n) is 28.2. The standard InChI is InChI=1S/C77H150O17P2/c1-6-9-12-15-18-20-22-23-24-25-26-27-28-29-30-35-39-43-48-53-58-63-77(82)94-73(67-88-75(80)61-56-51-46-41-38-34-32-31-33-37-40-45-49-54-59-70(4)5)69-92-96(85,86)90-65-71(78)64-89-95(83,84)91-68-72(66-87-74(79)60-55-50-44-17-14-11-8-3)93-76(81)62-57-52-47-42-36-21-19-16-13-10-7-2/h70-73,78H,6-69H2,1-5H3,(H,83,84)(H,85,86)/t71-,72+,73+/m0/s1. The number of unbranched alkanes of at least 4 members (excludes halogenated alkanes) is 49. The molecular formula is C77H150O17P2. The van der Waals surface area contributed by atoms with Gasteiger partial charge in [0.05, 0.1) is 26.4 Å². The summed E-state index contributed by atoms with van der Waals surface area (Å²) in [5.74, 6) is -1.32. The number of carbonyl (C=O) groups is 4. The monoisotopic (exact) mass is 1410 g/mol. The normalized spacial score (nSPS) is 13.9. The van der Waals surface area contributed by atoms with E-state index in [0.29, 0.717) is 25.7 Å². The first-order valence-electron chi connectivity index (χ1n) is 40.1. The van der Waals surface area contributed by atoms with Crippen molar-refractivity contribution in [2.24, 2.45) is 5.92 Å². The van der Waals surface area contributed by atoms with Gasteiger partial charge in [0.25, 0.3) is 0 Å². The Bertz CT molecular complexity index is 1840. The quantitative estimate of drug-likeness (QED) is 0.0222. The number of esters is 4. The highest BCUT2D eigenvalue weighted by Crippen LogP contribution is 2.45. The Hall–Kier alpha value is -1.94. The molecular weight excluding hydrogens is 1260 g/mol. The van der Waals surface area contributed by atoms with Crippen molar-refractivity contribution in [1.82, 2.24) is 0 Å². The van der Waals surface area contributed by atoms with E-state index in [-0.39, 0.29) is 25.7 Å². The van der Waals surface area contributed by atoms with E-state index in [9.17, 15) is 43.2 Å². The summed E-state index contributed by atoms with van der Waals surface area (Å²) >= 11 is 0. The Kier molecular flexibility index (Phi) is 68.7. The molecule has 0 radical (unpaired) electrons. The molecule has 0 heterocycles. The van der Waals surface area contributed by atoms with Crippen LogP contribution in [0.5, 0.6) is 0 Å². The van der Waals surface area contributed by atoms with Gasteiger partial charge in [-0.15, -0.1) is 0 Å². The molecule has 0 aliphatic rings. The predicted octanol–water partition coefficient (Wildman–Crippen LogP) is 22.9. The van der Waals surface area contributed by atoms with E-state index in [0.717, 1.165) is 109 Å². The lowest BCUT2D eigenvalue weighted by atomic mass is 10.0. The molecule has 5 atom stereocenters. The van der Waals surface area contributed by atoms with Gasteiger partial charge < -0.3 is 33.8 Å². The molecule has 0 aromatic heterocycles. The fourth-order valence-electron chi connectivity index (χ4n) is 11.9. The lowest BCUT2D eigenvalue weighted by Gasteiger charge is -2.21. The fourth-order valence-corrected chi connectivity index (χ4v) is 13.5. The summed E-state index contributed by atoms with van der Waals surface area (Å²) in [7, 11) is -9.90. The minimum absolute atomic E-state index is 0.107. The minimum Gasteiger partial charge on any atom is -0.462 e. The van der Waals surface area contributed by atoms with Gasteiger partial charge in [-0.1, -0.05) is 356 Å². The maximum absolute atomic E-state index is 13.1. The van der Waals surface area contributed by atoms with Crippen LogP contribution in [0.15, 0.2) is 0 Å². The summed E-state index contributed by atoms with van der Waals surface area (Å²) in [4.78, 5) is 72.7. The number of aliphatic hydroxyl groups is 1. The van der Waals surface area contributed by atoms with Crippen LogP contribution >= 0.6 is 15.6 Å². The van der Waals surface area contributed by atoms with Crippen LogP contribution in [0.4, 0.5) is 0 Å². The molecule has 19 heteroatoms. The van der Waals surface area contributed by atoms with Crippen molar-refractivity contribution in [2.75, 3.05) is 39.6 Å². The molecule has 2 unspecified atom stereocenters. The first-order valence-corrected chi connectivity index (χ1v) is 43.1. The average Bonchev–Trinajstić information content (AvgIpc) is 3.11. The van der Waals surface area contributed by atoms with E-state index in [1.54, 1.807) is 0 Å². The molecule has 0 aliphatic heterocycles. The predicted molar refractivity (Wildman–Crippen MR) is 391 cm³/mol. The van der Waals surface area contributed by atoms with E-state index in [2.05, 4.69) is 34.6 Å². The van der Waals surface area contributed by atoms with E-state index >= 15 is 0 Å². The topological polar surface area (TPSA) is 237 Å². The van der Waals surface area contributed by atoms with Crippen molar-refractivity contribution >= 4 is 39.5 Å². The van der Waals surface area contributed by atoms with Crippen molar-refractivity contribution in [2.45, 2.75) is 425 Å². The summed E-state index contributed by atoms with van der Waals surface area (Å²) < 4.78 is 68.4. The van der Waals surface area contributed by atoms with Gasteiger partial charge in [0.15, 0.2) is 12.2 Å².